The van der Waals surface area contributed by atoms with Gasteiger partial charge in [0.15, 0.2) is 0 Å². The monoisotopic (exact) mass is 231 g/mol. The van der Waals surface area contributed by atoms with Crippen molar-refractivity contribution in [2.75, 3.05) is 12.4 Å². The lowest BCUT2D eigenvalue weighted by Gasteiger charge is -2.10. The summed E-state index contributed by atoms with van der Waals surface area (Å²) in [4.78, 5) is 0. The third-order valence-corrected chi connectivity index (χ3v) is 2.94. The second kappa shape index (κ2) is 5.92. The zero-order valence-electron chi connectivity index (χ0n) is 8.69. The van der Waals surface area contributed by atoms with Crippen LogP contribution in [0, 0.1) is 0 Å². The first-order chi connectivity index (χ1) is 7.08. The van der Waals surface area contributed by atoms with Gasteiger partial charge in [-0.05, 0) is 25.3 Å². The number of hydrogen-bond donors (Lipinski definition) is 1. The maximum absolute atomic E-state index is 10.6. The molecule has 0 saturated carbocycles. The van der Waals surface area contributed by atoms with Gasteiger partial charge in [-0.3, -0.25) is 0 Å². The molecular formula is C10H17NO3S. The van der Waals surface area contributed by atoms with Crippen molar-refractivity contribution in [1.82, 2.24) is 0 Å². The van der Waals surface area contributed by atoms with E-state index in [1.54, 1.807) is 0 Å². The predicted molar refractivity (Wildman–Crippen MR) is 59.6 cm³/mol. The van der Waals surface area contributed by atoms with Crippen LogP contribution in [0.3, 0.4) is 0 Å². The van der Waals surface area contributed by atoms with E-state index in [1.807, 2.05) is 12.2 Å². The summed E-state index contributed by atoms with van der Waals surface area (Å²) in [5.41, 5.74) is 0. The Morgan fingerprint density at radius 1 is 1.40 bits per heavy atom. The molecule has 0 radical (unpaired) electrons. The SMILES string of the molecule is NS(=O)(=O)CCCCOC1=CC=CCC1. The minimum absolute atomic E-state index is 0.0370. The van der Waals surface area contributed by atoms with Crippen LogP contribution >= 0.6 is 0 Å². The molecule has 1 aliphatic rings. The van der Waals surface area contributed by atoms with E-state index < -0.39 is 10.0 Å². The van der Waals surface area contributed by atoms with Crippen molar-refractivity contribution in [2.45, 2.75) is 25.7 Å². The molecule has 0 aliphatic heterocycles. The molecule has 0 aromatic rings. The van der Waals surface area contributed by atoms with Gasteiger partial charge in [-0.15, -0.1) is 0 Å². The minimum Gasteiger partial charge on any atom is -0.498 e. The molecule has 0 fully saturated rings. The van der Waals surface area contributed by atoms with E-state index in [0.29, 0.717) is 13.0 Å². The lowest BCUT2D eigenvalue weighted by atomic mass is 10.2. The topological polar surface area (TPSA) is 69.4 Å². The molecule has 0 amide bonds. The molecule has 0 aromatic carbocycles. The summed E-state index contributed by atoms with van der Waals surface area (Å²) >= 11 is 0. The average Bonchev–Trinajstić information content (AvgIpc) is 2.17. The highest BCUT2D eigenvalue weighted by atomic mass is 32.2. The Kier molecular flexibility index (Phi) is 4.84. The first-order valence-electron chi connectivity index (χ1n) is 5.07. The highest BCUT2D eigenvalue weighted by Crippen LogP contribution is 2.13. The molecule has 1 rings (SSSR count). The average molecular weight is 231 g/mol. The van der Waals surface area contributed by atoms with Gasteiger partial charge in [-0.2, -0.15) is 0 Å². The zero-order chi connectivity index (χ0) is 11.1. The van der Waals surface area contributed by atoms with Gasteiger partial charge in [-0.25, -0.2) is 13.6 Å². The molecular weight excluding hydrogens is 214 g/mol. The molecule has 15 heavy (non-hydrogen) atoms. The van der Waals surface area contributed by atoms with Crippen LogP contribution in [0.4, 0.5) is 0 Å². The van der Waals surface area contributed by atoms with E-state index in [4.69, 9.17) is 9.88 Å². The Labute approximate surface area is 90.9 Å². The second-order valence-electron chi connectivity index (χ2n) is 3.52. The maximum atomic E-state index is 10.6. The molecule has 0 aromatic heterocycles. The third kappa shape index (κ3) is 6.30. The van der Waals surface area contributed by atoms with Gasteiger partial charge in [0.2, 0.25) is 10.0 Å². The van der Waals surface area contributed by atoms with Crippen molar-refractivity contribution in [3.8, 4) is 0 Å². The second-order valence-corrected chi connectivity index (χ2v) is 5.26. The molecule has 4 nitrogen and oxygen atoms in total. The van der Waals surface area contributed by atoms with Crippen molar-refractivity contribution in [3.05, 3.63) is 24.0 Å². The maximum Gasteiger partial charge on any atom is 0.209 e. The Bertz CT molecular complexity index is 344. The van der Waals surface area contributed by atoms with Gasteiger partial charge in [0.25, 0.3) is 0 Å². The highest BCUT2D eigenvalue weighted by Gasteiger charge is 2.03. The molecule has 5 heteroatoms. The Morgan fingerprint density at radius 2 is 2.20 bits per heavy atom. The molecule has 86 valence electrons. The van der Waals surface area contributed by atoms with Crippen LogP contribution in [0.2, 0.25) is 0 Å². The van der Waals surface area contributed by atoms with Crippen LogP contribution in [0.5, 0.6) is 0 Å². The predicted octanol–water partition coefficient (Wildman–Crippen LogP) is 1.31. The number of ether oxygens (including phenoxy) is 1. The lowest BCUT2D eigenvalue weighted by molar-refractivity contribution is 0.197. The number of allylic oxidation sites excluding steroid dienone is 4. The van der Waals surface area contributed by atoms with E-state index in [2.05, 4.69) is 6.08 Å². The molecule has 0 unspecified atom stereocenters. The van der Waals surface area contributed by atoms with E-state index in [-0.39, 0.29) is 5.75 Å². The number of hydrogen-bond acceptors (Lipinski definition) is 3. The molecule has 0 atom stereocenters. The highest BCUT2D eigenvalue weighted by molar-refractivity contribution is 7.89. The summed E-state index contributed by atoms with van der Waals surface area (Å²) in [6.45, 7) is 0.565. The zero-order valence-corrected chi connectivity index (χ0v) is 9.50. The van der Waals surface area contributed by atoms with Gasteiger partial charge in [0.1, 0.15) is 0 Å². The Balaban J connectivity index is 2.07. The fourth-order valence-electron chi connectivity index (χ4n) is 1.31. The molecule has 2 N–H and O–H groups in total. The third-order valence-electron chi connectivity index (χ3n) is 2.09. The van der Waals surface area contributed by atoms with Crippen molar-refractivity contribution >= 4 is 10.0 Å². The standard InChI is InChI=1S/C10H17NO3S/c11-15(12,13)9-5-4-8-14-10-6-2-1-3-7-10/h1-2,6H,3-5,7-9H2,(H2,11,12,13). The number of sulfonamides is 1. The van der Waals surface area contributed by atoms with Gasteiger partial charge < -0.3 is 4.74 Å². The van der Waals surface area contributed by atoms with Gasteiger partial charge in [-0.1, -0.05) is 12.2 Å². The Morgan fingerprint density at radius 3 is 2.80 bits per heavy atom. The van der Waals surface area contributed by atoms with Crippen LogP contribution in [-0.2, 0) is 14.8 Å². The van der Waals surface area contributed by atoms with Crippen molar-refractivity contribution < 1.29 is 13.2 Å². The van der Waals surface area contributed by atoms with Crippen molar-refractivity contribution in [2.24, 2.45) is 5.14 Å². The summed E-state index contributed by atoms with van der Waals surface area (Å²) in [5, 5.41) is 4.87. The summed E-state index contributed by atoms with van der Waals surface area (Å²) < 4.78 is 26.7. The van der Waals surface area contributed by atoms with Crippen LogP contribution in [-0.4, -0.2) is 20.8 Å². The fraction of sp³-hybridized carbons (Fsp3) is 0.600. The minimum atomic E-state index is -3.31. The van der Waals surface area contributed by atoms with Crippen molar-refractivity contribution in [1.29, 1.82) is 0 Å². The summed E-state index contributed by atoms with van der Waals surface area (Å²) in [5.74, 6) is 1.02. The first kappa shape index (κ1) is 12.3. The van der Waals surface area contributed by atoms with Crippen LogP contribution in [0.25, 0.3) is 0 Å². The van der Waals surface area contributed by atoms with Gasteiger partial charge in [0, 0.05) is 6.42 Å². The van der Waals surface area contributed by atoms with Gasteiger partial charge in [0.05, 0.1) is 18.1 Å². The smallest absolute Gasteiger partial charge is 0.209 e. The van der Waals surface area contributed by atoms with E-state index >= 15 is 0 Å². The number of unbranched alkanes of at least 4 members (excludes halogenated alkanes) is 1. The van der Waals surface area contributed by atoms with Gasteiger partial charge >= 0.3 is 0 Å². The number of primary sulfonamides is 1. The fourth-order valence-corrected chi connectivity index (χ4v) is 1.92. The molecule has 0 bridgehead atoms. The van der Waals surface area contributed by atoms with E-state index in [1.165, 1.54) is 0 Å². The largest absolute Gasteiger partial charge is 0.498 e. The number of nitrogens with two attached hydrogens (primary N) is 1. The molecule has 0 spiro atoms. The molecule has 0 heterocycles. The summed E-state index contributed by atoms with van der Waals surface area (Å²) in [6, 6.07) is 0. The summed E-state index contributed by atoms with van der Waals surface area (Å²) in [6.07, 6.45) is 9.24. The molecule has 1 aliphatic carbocycles. The first-order valence-corrected chi connectivity index (χ1v) is 6.78. The number of rotatable bonds is 6. The Hall–Kier alpha value is -0.810. The van der Waals surface area contributed by atoms with E-state index in [9.17, 15) is 8.42 Å². The lowest BCUT2D eigenvalue weighted by Crippen LogP contribution is -2.16. The summed E-state index contributed by atoms with van der Waals surface area (Å²) in [7, 11) is -3.31. The van der Waals surface area contributed by atoms with Crippen LogP contribution in [0.1, 0.15) is 25.7 Å². The molecule has 0 saturated heterocycles. The normalized spacial score (nSPS) is 16.2. The van der Waals surface area contributed by atoms with Crippen LogP contribution in [0.15, 0.2) is 24.0 Å². The quantitative estimate of drug-likeness (QED) is 0.701. The van der Waals surface area contributed by atoms with E-state index in [0.717, 1.165) is 25.0 Å². The van der Waals surface area contributed by atoms with Crippen LogP contribution < -0.4 is 5.14 Å². The van der Waals surface area contributed by atoms with Crippen molar-refractivity contribution in [3.63, 3.8) is 0 Å².